The van der Waals surface area contributed by atoms with E-state index in [9.17, 15) is 14.4 Å². The quantitative estimate of drug-likeness (QED) is 0.570. The van der Waals surface area contributed by atoms with Gasteiger partial charge in [0.25, 0.3) is 11.5 Å². The Bertz CT molecular complexity index is 1200. The van der Waals surface area contributed by atoms with Crippen molar-refractivity contribution in [2.75, 3.05) is 25.0 Å². The summed E-state index contributed by atoms with van der Waals surface area (Å²) in [6.07, 6.45) is 3.17. The van der Waals surface area contributed by atoms with Crippen molar-refractivity contribution in [2.45, 2.75) is 32.4 Å². The van der Waals surface area contributed by atoms with E-state index in [1.54, 1.807) is 22.9 Å². The van der Waals surface area contributed by atoms with Gasteiger partial charge in [0.15, 0.2) is 0 Å². The van der Waals surface area contributed by atoms with E-state index in [2.05, 4.69) is 15.5 Å². The van der Waals surface area contributed by atoms with E-state index in [0.29, 0.717) is 26.2 Å². The molecule has 0 spiro atoms. The first-order chi connectivity index (χ1) is 16.5. The number of aromatic nitrogens is 1. The third-order valence-corrected chi connectivity index (χ3v) is 6.05. The highest BCUT2D eigenvalue weighted by molar-refractivity contribution is 5.94. The third kappa shape index (κ3) is 6.20. The first-order valence-electron chi connectivity index (χ1n) is 11.6. The van der Waals surface area contributed by atoms with Crippen molar-refractivity contribution in [2.24, 2.45) is 0 Å². The number of amides is 2. The van der Waals surface area contributed by atoms with Crippen LogP contribution in [-0.2, 0) is 11.3 Å². The maximum atomic E-state index is 12.9. The van der Waals surface area contributed by atoms with Gasteiger partial charge in [0, 0.05) is 31.0 Å². The van der Waals surface area contributed by atoms with Crippen LogP contribution in [0.25, 0.3) is 0 Å². The van der Waals surface area contributed by atoms with Crippen LogP contribution < -0.4 is 16.2 Å². The Hall–Kier alpha value is -3.71. The minimum Gasteiger partial charge on any atom is -0.349 e. The molecule has 1 saturated heterocycles. The number of likely N-dealkylation sites (tertiary alicyclic amines) is 1. The Morgan fingerprint density at radius 2 is 1.74 bits per heavy atom. The van der Waals surface area contributed by atoms with Gasteiger partial charge >= 0.3 is 0 Å². The molecule has 7 heteroatoms. The largest absolute Gasteiger partial charge is 0.349 e. The van der Waals surface area contributed by atoms with Crippen LogP contribution in [0.15, 0.2) is 77.7 Å². The Kier molecular flexibility index (Phi) is 7.54. The van der Waals surface area contributed by atoms with Gasteiger partial charge in [0.2, 0.25) is 5.91 Å². The van der Waals surface area contributed by atoms with E-state index < -0.39 is 0 Å². The molecule has 1 fully saturated rings. The molecule has 0 aliphatic carbocycles. The highest BCUT2D eigenvalue weighted by Gasteiger charge is 2.23. The van der Waals surface area contributed by atoms with Crippen LogP contribution in [-0.4, -0.2) is 47.0 Å². The van der Waals surface area contributed by atoms with E-state index >= 15 is 0 Å². The van der Waals surface area contributed by atoms with E-state index in [1.807, 2.05) is 61.5 Å². The third-order valence-electron chi connectivity index (χ3n) is 6.05. The Labute approximate surface area is 199 Å². The van der Waals surface area contributed by atoms with Crippen molar-refractivity contribution >= 4 is 17.5 Å². The standard InChI is InChI=1S/C27H30N4O3/c1-20-7-5-8-21(17-20)18-31-14-6-11-24(27(31)34)26(33)29-23-12-15-30(16-13-23)19-25(32)28-22-9-3-2-4-10-22/h2-11,14,17,23H,12-13,15-16,18-19H2,1H3,(H,28,32)(H,29,33). The molecule has 0 atom stereocenters. The molecule has 1 aliphatic rings. The number of rotatable bonds is 7. The zero-order chi connectivity index (χ0) is 23.9. The molecule has 0 unspecified atom stereocenters. The van der Waals surface area contributed by atoms with Crippen molar-refractivity contribution in [1.29, 1.82) is 0 Å². The Balaban J connectivity index is 1.29. The lowest BCUT2D eigenvalue weighted by Crippen LogP contribution is -2.47. The topological polar surface area (TPSA) is 83.4 Å². The van der Waals surface area contributed by atoms with Crippen LogP contribution in [0.4, 0.5) is 5.69 Å². The highest BCUT2D eigenvalue weighted by atomic mass is 16.2. The number of hydrogen-bond donors (Lipinski definition) is 2. The van der Waals surface area contributed by atoms with Gasteiger partial charge in [-0.3, -0.25) is 19.3 Å². The molecule has 0 bridgehead atoms. The average molecular weight is 459 g/mol. The predicted octanol–water partition coefficient (Wildman–Crippen LogP) is 3.04. The monoisotopic (exact) mass is 458 g/mol. The average Bonchev–Trinajstić information content (AvgIpc) is 2.82. The van der Waals surface area contributed by atoms with Gasteiger partial charge in [-0.25, -0.2) is 0 Å². The molecule has 176 valence electrons. The summed E-state index contributed by atoms with van der Waals surface area (Å²) in [4.78, 5) is 40.1. The first-order valence-corrected chi connectivity index (χ1v) is 11.6. The number of pyridine rings is 1. The molecule has 7 nitrogen and oxygen atoms in total. The molecular weight excluding hydrogens is 428 g/mol. The maximum absolute atomic E-state index is 12.9. The number of nitrogens with zero attached hydrogens (tertiary/aromatic N) is 2. The van der Waals surface area contributed by atoms with Crippen molar-refractivity contribution < 1.29 is 9.59 Å². The van der Waals surface area contributed by atoms with Crippen LogP contribution in [0.1, 0.15) is 34.3 Å². The van der Waals surface area contributed by atoms with E-state index in [0.717, 1.165) is 29.7 Å². The second kappa shape index (κ2) is 10.9. The molecule has 2 aromatic carbocycles. The first kappa shape index (κ1) is 23.4. The summed E-state index contributed by atoms with van der Waals surface area (Å²) in [6.45, 7) is 4.17. The minimum absolute atomic E-state index is 0.0224. The molecule has 2 heterocycles. The highest BCUT2D eigenvalue weighted by Crippen LogP contribution is 2.12. The maximum Gasteiger partial charge on any atom is 0.263 e. The number of aryl methyl sites for hydroxylation is 1. The number of carbonyl (C=O) groups is 2. The lowest BCUT2D eigenvalue weighted by molar-refractivity contribution is -0.117. The number of nitrogens with one attached hydrogen (secondary N) is 2. The summed E-state index contributed by atoms with van der Waals surface area (Å²) in [7, 11) is 0. The van der Waals surface area contributed by atoms with Crippen molar-refractivity contribution in [3.8, 4) is 0 Å². The van der Waals surface area contributed by atoms with E-state index in [4.69, 9.17) is 0 Å². The van der Waals surface area contributed by atoms with Gasteiger partial charge in [0.05, 0.1) is 13.1 Å². The Morgan fingerprint density at radius 3 is 2.47 bits per heavy atom. The zero-order valence-corrected chi connectivity index (χ0v) is 19.4. The van der Waals surface area contributed by atoms with Gasteiger partial charge in [-0.1, -0.05) is 48.0 Å². The molecule has 0 saturated carbocycles. The van der Waals surface area contributed by atoms with Crippen molar-refractivity contribution in [3.63, 3.8) is 0 Å². The molecule has 1 aliphatic heterocycles. The zero-order valence-electron chi connectivity index (χ0n) is 19.4. The summed E-state index contributed by atoms with van der Waals surface area (Å²) in [6, 6.07) is 20.7. The molecule has 1 aromatic heterocycles. The molecule has 2 N–H and O–H groups in total. The smallest absolute Gasteiger partial charge is 0.263 e. The van der Waals surface area contributed by atoms with Crippen molar-refractivity contribution in [1.82, 2.24) is 14.8 Å². The summed E-state index contributed by atoms with van der Waals surface area (Å²) >= 11 is 0. The van der Waals surface area contributed by atoms with E-state index in [1.165, 1.54) is 0 Å². The number of carbonyl (C=O) groups excluding carboxylic acids is 2. The summed E-state index contributed by atoms with van der Waals surface area (Å²) < 4.78 is 1.57. The number of para-hydroxylation sites is 1. The van der Waals surface area contributed by atoms with Crippen LogP contribution in [0.3, 0.4) is 0 Å². The van der Waals surface area contributed by atoms with Gasteiger partial charge in [-0.05, 0) is 49.6 Å². The molecule has 2 amide bonds. The summed E-state index contributed by atoms with van der Waals surface area (Å²) in [5.74, 6) is -0.393. The molecular formula is C27H30N4O3. The molecule has 0 radical (unpaired) electrons. The molecule has 34 heavy (non-hydrogen) atoms. The number of anilines is 1. The molecule has 4 rings (SSSR count). The second-order valence-electron chi connectivity index (χ2n) is 8.78. The normalized spacial score (nSPS) is 14.5. The van der Waals surface area contributed by atoms with Crippen LogP contribution in [0.2, 0.25) is 0 Å². The SMILES string of the molecule is Cc1cccc(Cn2cccc(C(=O)NC3CCN(CC(=O)Nc4ccccc4)CC3)c2=O)c1. The summed E-state index contributed by atoms with van der Waals surface area (Å²) in [5, 5.41) is 5.91. The lowest BCUT2D eigenvalue weighted by atomic mass is 10.0. The molecule has 3 aromatic rings. The minimum atomic E-state index is -0.344. The number of hydrogen-bond acceptors (Lipinski definition) is 4. The predicted molar refractivity (Wildman–Crippen MR) is 133 cm³/mol. The van der Waals surface area contributed by atoms with Gasteiger partial charge in [-0.15, -0.1) is 0 Å². The van der Waals surface area contributed by atoms with Gasteiger partial charge in [-0.2, -0.15) is 0 Å². The summed E-state index contributed by atoms with van der Waals surface area (Å²) in [5.41, 5.74) is 2.79. The van der Waals surface area contributed by atoms with Crippen LogP contribution in [0.5, 0.6) is 0 Å². The fraction of sp³-hybridized carbons (Fsp3) is 0.296. The number of piperidine rings is 1. The van der Waals surface area contributed by atoms with Gasteiger partial charge in [0.1, 0.15) is 5.56 Å². The van der Waals surface area contributed by atoms with Crippen molar-refractivity contribution in [3.05, 3.63) is 100.0 Å². The lowest BCUT2D eigenvalue weighted by Gasteiger charge is -2.31. The van der Waals surface area contributed by atoms with Crippen LogP contribution in [0, 0.1) is 6.92 Å². The number of benzene rings is 2. The van der Waals surface area contributed by atoms with Gasteiger partial charge < -0.3 is 15.2 Å². The Morgan fingerprint density at radius 1 is 0.971 bits per heavy atom. The fourth-order valence-electron chi connectivity index (χ4n) is 4.27. The van der Waals surface area contributed by atoms with E-state index in [-0.39, 0.29) is 29.0 Å². The second-order valence-corrected chi connectivity index (χ2v) is 8.78. The fourth-order valence-corrected chi connectivity index (χ4v) is 4.27. The van der Waals surface area contributed by atoms with Crippen LogP contribution >= 0.6 is 0 Å².